The van der Waals surface area contributed by atoms with Crippen LogP contribution in [0.25, 0.3) is 11.2 Å². The van der Waals surface area contributed by atoms with E-state index in [0.717, 1.165) is 79.8 Å². The van der Waals surface area contributed by atoms with Gasteiger partial charge in [0.25, 0.3) is 0 Å². The van der Waals surface area contributed by atoms with Crippen LogP contribution in [-0.4, -0.2) is 126 Å². The number of amides is 3. The van der Waals surface area contributed by atoms with Gasteiger partial charge in [-0.1, -0.05) is 18.2 Å². The molecule has 0 radical (unpaired) electrons. The molecule has 4 atom stereocenters. The van der Waals surface area contributed by atoms with Crippen LogP contribution in [0.2, 0.25) is 0 Å². The number of unbranched alkanes of at least 4 members (excludes halogenated alkanes) is 1. The van der Waals surface area contributed by atoms with Gasteiger partial charge >= 0.3 is 6.03 Å². The molecule has 2 aromatic rings. The summed E-state index contributed by atoms with van der Waals surface area (Å²) in [6, 6.07) is 0.407. The maximum atomic E-state index is 12.1. The van der Waals surface area contributed by atoms with Crippen molar-refractivity contribution < 1.29 is 33.3 Å². The first-order chi connectivity index (χ1) is 25.5. The number of rotatable bonds is 23. The number of imidazole rings is 1. The van der Waals surface area contributed by atoms with Crippen LogP contribution in [0.3, 0.4) is 0 Å². The molecule has 3 aliphatic heterocycles. The van der Waals surface area contributed by atoms with Crippen molar-refractivity contribution in [1.29, 1.82) is 0 Å². The fourth-order valence-electron chi connectivity index (χ4n) is 6.33. The third kappa shape index (κ3) is 11.0. The highest BCUT2D eigenvalue weighted by Gasteiger charge is 2.42. The number of fused-ring (bicyclic) bond motifs is 2. The van der Waals surface area contributed by atoms with Crippen LogP contribution < -0.4 is 27.0 Å². The molecule has 0 aromatic carbocycles. The van der Waals surface area contributed by atoms with E-state index >= 15 is 0 Å². The predicted octanol–water partition coefficient (Wildman–Crippen LogP) is 2.68. The van der Waals surface area contributed by atoms with Crippen LogP contribution in [0.4, 0.5) is 10.6 Å². The molecule has 2 aromatic heterocycles. The minimum Gasteiger partial charge on any atom is -0.458 e. The largest absolute Gasteiger partial charge is 0.458 e. The first-order valence-corrected chi connectivity index (χ1v) is 20.9. The minimum absolute atomic E-state index is 0.0468. The molecule has 2 unspecified atom stereocenters. The summed E-state index contributed by atoms with van der Waals surface area (Å²) >= 11 is 5.94. The van der Waals surface area contributed by atoms with Gasteiger partial charge in [-0.15, -0.1) is 0 Å². The van der Waals surface area contributed by atoms with Gasteiger partial charge in [-0.2, -0.15) is 11.8 Å². The number of carbonyl (C=O) groups is 2. The molecule has 6 rings (SSSR count). The standard InChI is InChI=1S/C33H48IN9O7S2/c34-21-16-23-24(50-20-49-23)17-26(21)52-33-42-29-30(35)38-19-39-31(29)43(33)9-3-6-36-7-10-46-12-14-48-15-13-47-11-8-37-27(44)5-2-1-4-25-28-22(18-51-25)40-32(45)41-28/h16,19,22,25-26,28,36H,1-15,17-18,20H2,(H,37,44)(H2,35,38,39)(H2,40,41,45)/t22-,25-,26?,28?/m0/s1. The van der Waals surface area contributed by atoms with Gasteiger partial charge in [0.05, 0.1) is 57.0 Å². The highest BCUT2D eigenvalue weighted by Crippen LogP contribution is 2.42. The Balaban J connectivity index is 0.742. The topological polar surface area (TPSA) is 198 Å². The Morgan fingerprint density at radius 1 is 1.06 bits per heavy atom. The Morgan fingerprint density at radius 2 is 1.87 bits per heavy atom. The van der Waals surface area contributed by atoms with E-state index < -0.39 is 0 Å². The van der Waals surface area contributed by atoms with Gasteiger partial charge in [0.2, 0.25) is 12.7 Å². The van der Waals surface area contributed by atoms with Gasteiger partial charge in [0.15, 0.2) is 27.9 Å². The number of urea groups is 1. The summed E-state index contributed by atoms with van der Waals surface area (Å²) in [5, 5.41) is 13.8. The van der Waals surface area contributed by atoms with E-state index in [9.17, 15) is 9.59 Å². The molecular formula is C33H48IN9O7S2. The number of allylic oxidation sites excluding steroid dienone is 2. The minimum atomic E-state index is -0.0591. The Kier molecular flexibility index (Phi) is 15.2. The average Bonchev–Trinajstić information content (AvgIpc) is 3.91. The molecule has 0 spiro atoms. The summed E-state index contributed by atoms with van der Waals surface area (Å²) in [5.41, 5.74) is 7.51. The van der Waals surface area contributed by atoms with Gasteiger partial charge < -0.3 is 55.3 Å². The number of nitrogens with two attached hydrogens (primary N) is 1. The molecule has 19 heteroatoms. The van der Waals surface area contributed by atoms with Crippen LogP contribution in [0, 0.1) is 0 Å². The van der Waals surface area contributed by atoms with Crippen LogP contribution >= 0.6 is 46.1 Å². The van der Waals surface area contributed by atoms with E-state index in [0.29, 0.717) is 69.2 Å². The van der Waals surface area contributed by atoms with Crippen molar-refractivity contribution in [3.05, 3.63) is 27.5 Å². The molecule has 6 N–H and O–H groups in total. The zero-order valence-corrected chi connectivity index (χ0v) is 32.9. The van der Waals surface area contributed by atoms with E-state index in [-0.39, 0.29) is 36.1 Å². The molecule has 2 saturated heterocycles. The van der Waals surface area contributed by atoms with Gasteiger partial charge in [0.1, 0.15) is 12.1 Å². The molecule has 4 aliphatic rings. The first kappa shape index (κ1) is 39.1. The quantitative estimate of drug-likeness (QED) is 0.0621. The zero-order chi connectivity index (χ0) is 36.1. The Labute approximate surface area is 325 Å². The summed E-state index contributed by atoms with van der Waals surface area (Å²) in [7, 11) is 0. The molecule has 5 heterocycles. The number of hydrogen-bond acceptors (Lipinski definition) is 14. The number of nitrogens with one attached hydrogen (secondary N) is 4. The lowest BCUT2D eigenvalue weighted by Gasteiger charge is -2.20. The number of carbonyl (C=O) groups excluding carboxylic acids is 2. The second-order valence-electron chi connectivity index (χ2n) is 12.7. The van der Waals surface area contributed by atoms with Crippen LogP contribution in [0.15, 0.2) is 32.7 Å². The number of nitrogens with zero attached hydrogens (tertiary/aromatic N) is 4. The van der Waals surface area contributed by atoms with Crippen molar-refractivity contribution >= 4 is 75.0 Å². The van der Waals surface area contributed by atoms with Crippen molar-refractivity contribution in [2.45, 2.75) is 72.8 Å². The number of nitrogen functional groups attached to an aromatic ring is 1. The highest BCUT2D eigenvalue weighted by molar-refractivity contribution is 14.1. The van der Waals surface area contributed by atoms with Crippen molar-refractivity contribution in [2.24, 2.45) is 0 Å². The molecule has 1 aliphatic carbocycles. The number of aryl methyl sites for hydroxylation is 1. The van der Waals surface area contributed by atoms with Gasteiger partial charge in [0, 0.05) is 47.1 Å². The Bertz CT molecular complexity index is 1580. The maximum absolute atomic E-state index is 12.1. The normalized spacial score (nSPS) is 22.1. The zero-order valence-electron chi connectivity index (χ0n) is 29.1. The number of thioether (sulfide) groups is 2. The fourth-order valence-corrected chi connectivity index (χ4v) is 9.88. The van der Waals surface area contributed by atoms with Gasteiger partial charge in [-0.25, -0.2) is 19.7 Å². The van der Waals surface area contributed by atoms with Crippen molar-refractivity contribution in [3.63, 3.8) is 0 Å². The van der Waals surface area contributed by atoms with E-state index in [4.69, 9.17) is 34.4 Å². The number of hydrogen-bond donors (Lipinski definition) is 5. The molecule has 0 saturated carbocycles. The Hall–Kier alpha value is -2.56. The molecule has 0 bridgehead atoms. The number of ether oxygens (including phenoxy) is 5. The van der Waals surface area contributed by atoms with E-state index in [1.165, 1.54) is 9.91 Å². The fraction of sp³-hybridized carbons (Fsp3) is 0.667. The molecule has 16 nitrogen and oxygen atoms in total. The maximum Gasteiger partial charge on any atom is 0.315 e. The lowest BCUT2D eigenvalue weighted by molar-refractivity contribution is -0.121. The second kappa shape index (κ2) is 20.2. The van der Waals surface area contributed by atoms with Gasteiger partial charge in [-0.05, 0) is 54.5 Å². The highest BCUT2D eigenvalue weighted by atomic mass is 127. The monoisotopic (exact) mass is 873 g/mol. The summed E-state index contributed by atoms with van der Waals surface area (Å²) < 4.78 is 31.3. The number of aromatic nitrogens is 4. The van der Waals surface area contributed by atoms with E-state index in [1.807, 2.05) is 17.8 Å². The third-order valence-corrected chi connectivity index (χ3v) is 13.2. The third-order valence-electron chi connectivity index (χ3n) is 8.99. The van der Waals surface area contributed by atoms with Crippen molar-refractivity contribution in [1.82, 2.24) is 40.8 Å². The smallest absolute Gasteiger partial charge is 0.315 e. The summed E-state index contributed by atoms with van der Waals surface area (Å²) in [6.45, 7) is 6.02. The summed E-state index contributed by atoms with van der Waals surface area (Å²) in [6.07, 6.45) is 8.48. The lowest BCUT2D eigenvalue weighted by atomic mass is 10.0. The molecule has 2 fully saturated rings. The molecule has 52 heavy (non-hydrogen) atoms. The predicted molar refractivity (Wildman–Crippen MR) is 207 cm³/mol. The molecule has 286 valence electrons. The summed E-state index contributed by atoms with van der Waals surface area (Å²) in [5.74, 6) is 3.09. The van der Waals surface area contributed by atoms with Crippen LogP contribution in [0.5, 0.6) is 0 Å². The summed E-state index contributed by atoms with van der Waals surface area (Å²) in [4.78, 5) is 37.1. The van der Waals surface area contributed by atoms with Crippen molar-refractivity contribution in [2.75, 3.05) is 77.6 Å². The lowest BCUT2D eigenvalue weighted by Crippen LogP contribution is -2.36. The second-order valence-corrected chi connectivity index (χ2v) is 16.4. The van der Waals surface area contributed by atoms with Crippen molar-refractivity contribution in [3.8, 4) is 0 Å². The van der Waals surface area contributed by atoms with E-state index in [2.05, 4.69) is 58.4 Å². The Morgan fingerprint density at radius 3 is 2.71 bits per heavy atom. The van der Waals surface area contributed by atoms with Crippen LogP contribution in [-0.2, 0) is 35.0 Å². The van der Waals surface area contributed by atoms with Gasteiger partial charge in [-0.3, -0.25) is 4.79 Å². The van der Waals surface area contributed by atoms with E-state index in [1.54, 1.807) is 11.8 Å². The molecular weight excluding hydrogens is 825 g/mol. The number of anilines is 1. The van der Waals surface area contributed by atoms with Crippen LogP contribution in [0.1, 0.15) is 38.5 Å². The number of halogens is 1. The average molecular weight is 874 g/mol. The first-order valence-electron chi connectivity index (χ1n) is 17.8. The SMILES string of the molecule is Nc1ncnc2c1nc(SC1CC3=C(C=C1I)OCO3)n2CCCNCCOCCOCCOCCNC(=O)CCCC[C@@H]1SC[C@@H]2NC(=O)NC21. The molecule has 3 amide bonds.